The smallest absolute Gasteiger partial charge is 0.236 e. The van der Waals surface area contributed by atoms with Crippen LogP contribution in [0.5, 0.6) is 0 Å². The molecule has 0 radical (unpaired) electrons. The number of hydrogen-bond acceptors (Lipinski definition) is 4. The highest BCUT2D eigenvalue weighted by Gasteiger charge is 2.23. The van der Waals surface area contributed by atoms with Gasteiger partial charge in [-0.3, -0.25) is 9.69 Å². The van der Waals surface area contributed by atoms with Crippen LogP contribution < -0.4 is 5.32 Å². The standard InChI is InChI=1S/C14H27N3O2/c1-12-9-17(6-7-19-12)14(18)11-16(2)10-13-4-3-5-15-8-13/h12-13,15H,3-11H2,1-2H3. The lowest BCUT2D eigenvalue weighted by molar-refractivity contribution is -0.139. The van der Waals surface area contributed by atoms with Crippen molar-refractivity contribution in [2.45, 2.75) is 25.9 Å². The second-order valence-electron chi connectivity index (χ2n) is 5.93. The van der Waals surface area contributed by atoms with E-state index in [1.54, 1.807) is 0 Å². The maximum atomic E-state index is 12.2. The van der Waals surface area contributed by atoms with Crippen molar-refractivity contribution in [2.75, 3.05) is 52.9 Å². The van der Waals surface area contributed by atoms with Gasteiger partial charge < -0.3 is 15.0 Å². The predicted molar refractivity (Wildman–Crippen MR) is 75.1 cm³/mol. The fraction of sp³-hybridized carbons (Fsp3) is 0.929. The van der Waals surface area contributed by atoms with E-state index in [0.717, 1.165) is 32.7 Å². The lowest BCUT2D eigenvalue weighted by Crippen LogP contribution is -2.48. The molecule has 2 atom stereocenters. The van der Waals surface area contributed by atoms with Crippen LogP contribution in [0.25, 0.3) is 0 Å². The van der Waals surface area contributed by atoms with Crippen LogP contribution in [0, 0.1) is 5.92 Å². The molecule has 0 aromatic rings. The molecule has 2 saturated heterocycles. The van der Waals surface area contributed by atoms with Gasteiger partial charge in [0.05, 0.1) is 19.3 Å². The van der Waals surface area contributed by atoms with Crippen LogP contribution in [-0.4, -0.2) is 74.7 Å². The van der Waals surface area contributed by atoms with Gasteiger partial charge in [-0.1, -0.05) is 0 Å². The molecule has 2 rings (SSSR count). The molecule has 2 heterocycles. The lowest BCUT2D eigenvalue weighted by Gasteiger charge is -2.33. The van der Waals surface area contributed by atoms with E-state index in [1.807, 2.05) is 11.8 Å². The van der Waals surface area contributed by atoms with E-state index in [2.05, 4.69) is 17.3 Å². The fourth-order valence-corrected chi connectivity index (χ4v) is 2.96. The first-order chi connectivity index (χ1) is 9.15. The molecule has 0 aromatic carbocycles. The number of morpholine rings is 1. The third-order valence-electron chi connectivity index (χ3n) is 3.97. The molecule has 0 bridgehead atoms. The largest absolute Gasteiger partial charge is 0.375 e. The summed E-state index contributed by atoms with van der Waals surface area (Å²) in [7, 11) is 2.05. The minimum atomic E-state index is 0.172. The summed E-state index contributed by atoms with van der Waals surface area (Å²) in [6.07, 6.45) is 2.71. The summed E-state index contributed by atoms with van der Waals surface area (Å²) < 4.78 is 5.47. The van der Waals surface area contributed by atoms with Crippen LogP contribution in [0.2, 0.25) is 0 Å². The van der Waals surface area contributed by atoms with Gasteiger partial charge in [0.1, 0.15) is 0 Å². The highest BCUT2D eigenvalue weighted by molar-refractivity contribution is 5.78. The molecular formula is C14H27N3O2. The van der Waals surface area contributed by atoms with E-state index >= 15 is 0 Å². The van der Waals surface area contributed by atoms with Gasteiger partial charge in [-0.25, -0.2) is 0 Å². The monoisotopic (exact) mass is 269 g/mol. The number of nitrogens with zero attached hydrogens (tertiary/aromatic N) is 2. The van der Waals surface area contributed by atoms with Crippen LogP contribution in [0.4, 0.5) is 0 Å². The molecule has 0 aliphatic carbocycles. The van der Waals surface area contributed by atoms with Gasteiger partial charge in [-0.05, 0) is 45.8 Å². The van der Waals surface area contributed by atoms with Gasteiger partial charge in [0, 0.05) is 19.6 Å². The van der Waals surface area contributed by atoms with Crippen molar-refractivity contribution in [1.29, 1.82) is 0 Å². The van der Waals surface area contributed by atoms with Crippen molar-refractivity contribution in [2.24, 2.45) is 5.92 Å². The third-order valence-corrected chi connectivity index (χ3v) is 3.97. The summed E-state index contributed by atoms with van der Waals surface area (Å²) in [6, 6.07) is 0. The van der Waals surface area contributed by atoms with E-state index in [4.69, 9.17) is 4.74 Å². The maximum Gasteiger partial charge on any atom is 0.236 e. The summed E-state index contributed by atoms with van der Waals surface area (Å²) in [5, 5.41) is 3.42. The van der Waals surface area contributed by atoms with Crippen molar-refractivity contribution in [3.05, 3.63) is 0 Å². The number of likely N-dealkylation sites (N-methyl/N-ethyl adjacent to an activating group) is 1. The fourth-order valence-electron chi connectivity index (χ4n) is 2.96. The highest BCUT2D eigenvalue weighted by atomic mass is 16.5. The predicted octanol–water partition coefficient (Wildman–Crippen LogP) is 0.165. The van der Waals surface area contributed by atoms with Gasteiger partial charge in [0.2, 0.25) is 5.91 Å². The first-order valence-electron chi connectivity index (χ1n) is 7.44. The maximum absolute atomic E-state index is 12.2. The normalized spacial score (nSPS) is 28.7. The Labute approximate surface area is 116 Å². The topological polar surface area (TPSA) is 44.8 Å². The zero-order chi connectivity index (χ0) is 13.7. The molecule has 0 spiro atoms. The third kappa shape index (κ3) is 4.75. The summed E-state index contributed by atoms with van der Waals surface area (Å²) in [4.78, 5) is 16.3. The van der Waals surface area contributed by atoms with E-state index < -0.39 is 0 Å². The second-order valence-corrected chi connectivity index (χ2v) is 5.93. The Morgan fingerprint density at radius 2 is 2.37 bits per heavy atom. The van der Waals surface area contributed by atoms with Crippen molar-refractivity contribution in [3.8, 4) is 0 Å². The van der Waals surface area contributed by atoms with Gasteiger partial charge in [-0.15, -0.1) is 0 Å². The van der Waals surface area contributed by atoms with E-state index in [1.165, 1.54) is 12.8 Å². The Morgan fingerprint density at radius 3 is 3.05 bits per heavy atom. The molecule has 1 amide bonds. The Kier molecular flexibility index (Phi) is 5.60. The van der Waals surface area contributed by atoms with Crippen LogP contribution >= 0.6 is 0 Å². The second kappa shape index (κ2) is 7.22. The summed E-state index contributed by atoms with van der Waals surface area (Å²) in [5.41, 5.74) is 0. The SMILES string of the molecule is CC1CN(C(=O)CN(C)CC2CCCNC2)CCO1. The van der Waals surface area contributed by atoms with Crippen LogP contribution in [0.1, 0.15) is 19.8 Å². The Balaban J connectivity index is 1.71. The van der Waals surface area contributed by atoms with Crippen LogP contribution in [0.3, 0.4) is 0 Å². The average Bonchev–Trinajstić information content (AvgIpc) is 2.39. The zero-order valence-corrected chi connectivity index (χ0v) is 12.2. The van der Waals surface area contributed by atoms with E-state index in [9.17, 15) is 4.79 Å². The molecule has 1 N–H and O–H groups in total. The molecule has 0 aromatic heterocycles. The minimum Gasteiger partial charge on any atom is -0.375 e. The van der Waals surface area contributed by atoms with Crippen molar-refractivity contribution in [1.82, 2.24) is 15.1 Å². The Hall–Kier alpha value is -0.650. The molecule has 2 aliphatic heterocycles. The number of amides is 1. The van der Waals surface area contributed by atoms with Gasteiger partial charge in [0.25, 0.3) is 0 Å². The first-order valence-corrected chi connectivity index (χ1v) is 7.44. The zero-order valence-electron chi connectivity index (χ0n) is 12.2. The molecule has 110 valence electrons. The molecular weight excluding hydrogens is 242 g/mol. The van der Waals surface area contributed by atoms with Crippen molar-refractivity contribution >= 4 is 5.91 Å². The van der Waals surface area contributed by atoms with Gasteiger partial charge >= 0.3 is 0 Å². The number of piperidine rings is 1. The highest BCUT2D eigenvalue weighted by Crippen LogP contribution is 2.11. The Morgan fingerprint density at radius 1 is 1.53 bits per heavy atom. The van der Waals surface area contributed by atoms with Crippen molar-refractivity contribution in [3.63, 3.8) is 0 Å². The summed E-state index contributed by atoms with van der Waals surface area (Å²) >= 11 is 0. The quantitative estimate of drug-likeness (QED) is 0.790. The van der Waals surface area contributed by atoms with Crippen LogP contribution in [0.15, 0.2) is 0 Å². The number of rotatable bonds is 4. The number of carbonyl (C=O) groups is 1. The summed E-state index contributed by atoms with van der Waals surface area (Å²) in [5.74, 6) is 0.927. The number of nitrogens with one attached hydrogen (secondary N) is 1. The molecule has 5 heteroatoms. The number of carbonyl (C=O) groups excluding carboxylic acids is 1. The first kappa shape index (κ1) is 14.8. The minimum absolute atomic E-state index is 0.172. The van der Waals surface area contributed by atoms with Crippen molar-refractivity contribution < 1.29 is 9.53 Å². The molecule has 2 fully saturated rings. The number of ether oxygens (including phenoxy) is 1. The number of hydrogen-bond donors (Lipinski definition) is 1. The summed E-state index contributed by atoms with van der Waals surface area (Å²) in [6.45, 7) is 7.94. The lowest BCUT2D eigenvalue weighted by atomic mass is 9.99. The Bertz CT molecular complexity index is 292. The molecule has 0 saturated carbocycles. The van der Waals surface area contributed by atoms with Gasteiger partial charge in [0.15, 0.2) is 0 Å². The molecule has 19 heavy (non-hydrogen) atoms. The van der Waals surface area contributed by atoms with E-state index in [-0.39, 0.29) is 12.0 Å². The van der Waals surface area contributed by atoms with E-state index in [0.29, 0.717) is 19.1 Å². The van der Waals surface area contributed by atoms with Gasteiger partial charge in [-0.2, -0.15) is 0 Å². The van der Waals surface area contributed by atoms with Crippen LogP contribution in [-0.2, 0) is 9.53 Å². The average molecular weight is 269 g/mol. The molecule has 2 aliphatic rings. The molecule has 5 nitrogen and oxygen atoms in total. The molecule has 2 unspecified atom stereocenters.